The highest BCUT2D eigenvalue weighted by molar-refractivity contribution is 5.92. The van der Waals surface area contributed by atoms with Gasteiger partial charge in [-0.1, -0.05) is 53.7 Å². The van der Waals surface area contributed by atoms with E-state index in [4.69, 9.17) is 8.94 Å². The molecule has 0 N–H and O–H groups in total. The topological polar surface area (TPSA) is 37.3 Å². The van der Waals surface area contributed by atoms with Crippen LogP contribution in [0.5, 0.6) is 0 Å². The van der Waals surface area contributed by atoms with Crippen LogP contribution in [0.2, 0.25) is 0 Å². The zero-order chi connectivity index (χ0) is 18.1. The average molecular weight is 350 g/mol. The Labute approximate surface area is 156 Å². The van der Waals surface area contributed by atoms with Crippen LogP contribution in [0.4, 0.5) is 0 Å². The SMILES string of the molecule is c1ccc(-c2cc(-c3onc4ccccc34)cc(-c3ccccc3)[o+]2)cc1. The predicted molar refractivity (Wildman–Crippen MR) is 107 cm³/mol. The standard InChI is InChI=1S/C24H16NO2/c1-3-9-17(10-4-1)22-15-19(16-23(26-22)18-11-5-2-6-12-18)24-20-13-7-8-14-21(20)25-27-24/h1-16H/q+1. The fourth-order valence-electron chi connectivity index (χ4n) is 3.22. The van der Waals surface area contributed by atoms with E-state index in [1.165, 1.54) is 0 Å². The van der Waals surface area contributed by atoms with E-state index in [-0.39, 0.29) is 0 Å². The molecule has 0 aliphatic carbocycles. The van der Waals surface area contributed by atoms with E-state index < -0.39 is 0 Å². The van der Waals surface area contributed by atoms with E-state index in [1.807, 2.05) is 97.1 Å². The van der Waals surface area contributed by atoms with Crippen LogP contribution in [0, 0.1) is 0 Å². The summed E-state index contributed by atoms with van der Waals surface area (Å²) in [7, 11) is 0. The van der Waals surface area contributed by atoms with Gasteiger partial charge in [0.25, 0.3) is 0 Å². The molecule has 0 aliphatic rings. The molecule has 2 heterocycles. The van der Waals surface area contributed by atoms with Crippen LogP contribution >= 0.6 is 0 Å². The average Bonchev–Trinajstić information content (AvgIpc) is 3.19. The van der Waals surface area contributed by atoms with Gasteiger partial charge in [-0.3, -0.25) is 0 Å². The van der Waals surface area contributed by atoms with Crippen molar-refractivity contribution in [1.82, 2.24) is 5.16 Å². The van der Waals surface area contributed by atoms with Crippen molar-refractivity contribution in [2.75, 3.05) is 0 Å². The summed E-state index contributed by atoms with van der Waals surface area (Å²) in [4.78, 5) is 0. The second kappa shape index (κ2) is 6.54. The number of fused-ring (bicyclic) bond motifs is 1. The van der Waals surface area contributed by atoms with Crippen LogP contribution in [0.3, 0.4) is 0 Å². The molecule has 27 heavy (non-hydrogen) atoms. The van der Waals surface area contributed by atoms with Crippen LogP contribution in [0.1, 0.15) is 0 Å². The van der Waals surface area contributed by atoms with Crippen molar-refractivity contribution in [3.05, 3.63) is 97.1 Å². The second-order valence-corrected chi connectivity index (χ2v) is 6.34. The lowest BCUT2D eigenvalue weighted by molar-refractivity contribution is 0.440. The lowest BCUT2D eigenvalue weighted by atomic mass is 10.0. The second-order valence-electron chi connectivity index (χ2n) is 6.34. The van der Waals surface area contributed by atoms with Gasteiger partial charge in [0.2, 0.25) is 0 Å². The summed E-state index contributed by atoms with van der Waals surface area (Å²) >= 11 is 0. The maximum Gasteiger partial charge on any atom is 0.361 e. The maximum absolute atomic E-state index is 6.24. The summed E-state index contributed by atoms with van der Waals surface area (Å²) < 4.78 is 11.9. The molecule has 2 aromatic heterocycles. The van der Waals surface area contributed by atoms with E-state index >= 15 is 0 Å². The summed E-state index contributed by atoms with van der Waals surface area (Å²) in [6.45, 7) is 0. The molecule has 0 unspecified atom stereocenters. The largest absolute Gasteiger partial charge is 0.361 e. The van der Waals surface area contributed by atoms with E-state index in [0.29, 0.717) is 0 Å². The Kier molecular flexibility index (Phi) is 3.76. The monoisotopic (exact) mass is 350 g/mol. The van der Waals surface area contributed by atoms with Crippen molar-refractivity contribution in [1.29, 1.82) is 0 Å². The highest BCUT2D eigenvalue weighted by Crippen LogP contribution is 2.35. The van der Waals surface area contributed by atoms with Crippen LogP contribution < -0.4 is 0 Å². The molecule has 0 radical (unpaired) electrons. The van der Waals surface area contributed by atoms with Gasteiger partial charge < -0.3 is 4.52 Å². The van der Waals surface area contributed by atoms with Gasteiger partial charge in [-0.2, -0.15) is 0 Å². The van der Waals surface area contributed by atoms with Crippen molar-refractivity contribution in [2.45, 2.75) is 0 Å². The van der Waals surface area contributed by atoms with Gasteiger partial charge in [0.05, 0.1) is 23.3 Å². The minimum absolute atomic E-state index is 0.746. The fraction of sp³-hybridized carbons (Fsp3) is 0. The van der Waals surface area contributed by atoms with E-state index in [0.717, 1.165) is 44.9 Å². The molecule has 3 heteroatoms. The zero-order valence-corrected chi connectivity index (χ0v) is 14.5. The first-order valence-corrected chi connectivity index (χ1v) is 8.82. The normalized spacial score (nSPS) is 11.0. The Morgan fingerprint density at radius 2 is 1.15 bits per heavy atom. The lowest BCUT2D eigenvalue weighted by Gasteiger charge is -1.99. The molecule has 5 rings (SSSR count). The Morgan fingerprint density at radius 1 is 0.593 bits per heavy atom. The molecule has 0 saturated heterocycles. The quantitative estimate of drug-likeness (QED) is 0.340. The smallest absolute Gasteiger partial charge is 0.355 e. The first kappa shape index (κ1) is 15.5. The van der Waals surface area contributed by atoms with Gasteiger partial charge in [-0.15, -0.1) is 0 Å². The predicted octanol–water partition coefficient (Wildman–Crippen LogP) is 6.70. The van der Waals surface area contributed by atoms with Crippen LogP contribution in [0.25, 0.3) is 44.9 Å². The van der Waals surface area contributed by atoms with Crippen LogP contribution in [0.15, 0.2) is 106 Å². The maximum atomic E-state index is 6.24. The van der Waals surface area contributed by atoms with Crippen molar-refractivity contribution in [2.24, 2.45) is 0 Å². The lowest BCUT2D eigenvalue weighted by Crippen LogP contribution is -1.85. The first-order chi connectivity index (χ1) is 13.4. The molecule has 5 aromatic rings. The number of nitrogens with zero attached hydrogens (tertiary/aromatic N) is 1. The minimum Gasteiger partial charge on any atom is -0.355 e. The molecule has 0 spiro atoms. The molecule has 0 saturated carbocycles. The molecular formula is C24H16NO2+. The third kappa shape index (κ3) is 2.89. The zero-order valence-electron chi connectivity index (χ0n) is 14.5. The van der Waals surface area contributed by atoms with Crippen molar-refractivity contribution < 1.29 is 8.94 Å². The molecule has 0 fully saturated rings. The Bertz CT molecular complexity index is 1150. The van der Waals surface area contributed by atoms with E-state index in [9.17, 15) is 0 Å². The van der Waals surface area contributed by atoms with Gasteiger partial charge in [-0.05, 0) is 36.4 Å². The molecule has 0 aliphatic heterocycles. The number of hydrogen-bond acceptors (Lipinski definition) is 2. The number of rotatable bonds is 3. The number of hydrogen-bond donors (Lipinski definition) is 0. The highest BCUT2D eigenvalue weighted by Gasteiger charge is 2.23. The van der Waals surface area contributed by atoms with Crippen molar-refractivity contribution in [3.63, 3.8) is 0 Å². The van der Waals surface area contributed by atoms with E-state index in [1.54, 1.807) is 0 Å². The van der Waals surface area contributed by atoms with Gasteiger partial charge in [0.15, 0.2) is 5.76 Å². The van der Waals surface area contributed by atoms with Crippen molar-refractivity contribution >= 4 is 10.9 Å². The minimum atomic E-state index is 0.746. The third-order valence-corrected chi connectivity index (χ3v) is 4.56. The molecular weight excluding hydrogens is 334 g/mol. The molecule has 0 atom stereocenters. The van der Waals surface area contributed by atoms with Crippen LogP contribution in [-0.2, 0) is 0 Å². The Hall–Kier alpha value is -3.72. The first-order valence-electron chi connectivity index (χ1n) is 8.82. The summed E-state index contributed by atoms with van der Waals surface area (Å²) in [5, 5.41) is 5.18. The highest BCUT2D eigenvalue weighted by atomic mass is 16.5. The summed E-state index contributed by atoms with van der Waals surface area (Å²) in [6.07, 6.45) is 0. The Morgan fingerprint density at radius 3 is 1.78 bits per heavy atom. The number of benzene rings is 3. The van der Waals surface area contributed by atoms with E-state index in [2.05, 4.69) is 5.16 Å². The Balaban J connectivity index is 1.76. The number of aromatic nitrogens is 1. The third-order valence-electron chi connectivity index (χ3n) is 4.56. The fourth-order valence-corrected chi connectivity index (χ4v) is 3.22. The van der Waals surface area contributed by atoms with Gasteiger partial charge >= 0.3 is 11.5 Å². The molecule has 3 nitrogen and oxygen atoms in total. The molecule has 3 aromatic carbocycles. The molecule has 128 valence electrons. The summed E-state index contributed by atoms with van der Waals surface area (Å²) in [5.74, 6) is 2.32. The molecule has 0 amide bonds. The van der Waals surface area contributed by atoms with Gasteiger partial charge in [-0.25, -0.2) is 4.42 Å². The van der Waals surface area contributed by atoms with Crippen molar-refractivity contribution in [3.8, 4) is 34.0 Å². The molecule has 0 bridgehead atoms. The summed E-state index contributed by atoms with van der Waals surface area (Å²) in [6, 6.07) is 32.1. The van der Waals surface area contributed by atoms with Crippen LogP contribution in [-0.4, -0.2) is 5.16 Å². The van der Waals surface area contributed by atoms with Gasteiger partial charge in [0.1, 0.15) is 5.52 Å². The summed E-state index contributed by atoms with van der Waals surface area (Å²) in [5.41, 5.74) is 3.81. The van der Waals surface area contributed by atoms with Gasteiger partial charge in [0, 0.05) is 10.9 Å².